The quantitative estimate of drug-likeness (QED) is 0.588. The fraction of sp³-hybridized carbons (Fsp3) is 0.143. The number of fused-ring (bicyclic) bond motifs is 1. The molecule has 28 heavy (non-hydrogen) atoms. The molecule has 0 spiro atoms. The molecule has 0 saturated heterocycles. The van der Waals surface area contributed by atoms with Crippen LogP contribution in [0.2, 0.25) is 0 Å². The van der Waals surface area contributed by atoms with Crippen molar-refractivity contribution in [1.29, 1.82) is 5.26 Å². The Hall–Kier alpha value is -3.92. The minimum Gasteiger partial charge on any atom is -0.494 e. The fourth-order valence-electron chi connectivity index (χ4n) is 3.10. The largest absolute Gasteiger partial charge is 0.494 e. The summed E-state index contributed by atoms with van der Waals surface area (Å²) in [5.74, 6) is 1.46. The number of aromatic nitrogens is 4. The van der Waals surface area contributed by atoms with Crippen molar-refractivity contribution >= 4 is 17.1 Å². The minimum atomic E-state index is 0.188. The maximum Gasteiger partial charge on any atom is 0.207 e. The van der Waals surface area contributed by atoms with Crippen molar-refractivity contribution in [2.24, 2.45) is 0 Å². The van der Waals surface area contributed by atoms with E-state index in [9.17, 15) is 5.26 Å². The van der Waals surface area contributed by atoms with E-state index in [0.29, 0.717) is 23.6 Å². The van der Waals surface area contributed by atoms with Crippen LogP contribution >= 0.6 is 0 Å². The van der Waals surface area contributed by atoms with Crippen LogP contribution in [0.25, 0.3) is 28.2 Å². The van der Waals surface area contributed by atoms with Gasteiger partial charge in [0.15, 0.2) is 17.2 Å². The zero-order valence-electron chi connectivity index (χ0n) is 15.5. The van der Waals surface area contributed by atoms with Crippen LogP contribution in [0.15, 0.2) is 48.5 Å². The molecule has 0 amide bonds. The van der Waals surface area contributed by atoms with Crippen LogP contribution in [-0.2, 0) is 0 Å². The predicted molar refractivity (Wildman–Crippen MR) is 107 cm³/mol. The highest BCUT2D eigenvalue weighted by molar-refractivity contribution is 5.83. The van der Waals surface area contributed by atoms with Gasteiger partial charge in [-0.2, -0.15) is 5.26 Å². The number of rotatable bonds is 4. The lowest BCUT2D eigenvalue weighted by Gasteiger charge is -2.10. The Morgan fingerprint density at radius 3 is 2.50 bits per heavy atom. The minimum absolute atomic E-state index is 0.188. The Labute approximate surface area is 162 Å². The third kappa shape index (κ3) is 2.91. The summed E-state index contributed by atoms with van der Waals surface area (Å²) >= 11 is 0. The second-order valence-electron chi connectivity index (χ2n) is 6.23. The van der Waals surface area contributed by atoms with Gasteiger partial charge in [0.1, 0.15) is 17.3 Å². The van der Waals surface area contributed by atoms with Crippen molar-refractivity contribution in [3.63, 3.8) is 0 Å². The molecule has 2 aromatic carbocycles. The molecule has 0 fully saturated rings. The lowest BCUT2D eigenvalue weighted by Crippen LogP contribution is -2.04. The van der Waals surface area contributed by atoms with Crippen molar-refractivity contribution < 1.29 is 4.74 Å². The van der Waals surface area contributed by atoms with Crippen LogP contribution in [0.3, 0.4) is 0 Å². The topological polar surface area (TPSA) is 103 Å². The molecule has 0 aliphatic carbocycles. The molecule has 0 unspecified atom stereocenters. The van der Waals surface area contributed by atoms with E-state index in [0.717, 1.165) is 22.6 Å². The zero-order chi connectivity index (χ0) is 19.7. The average molecular weight is 370 g/mol. The highest BCUT2D eigenvalue weighted by Crippen LogP contribution is 2.28. The van der Waals surface area contributed by atoms with Gasteiger partial charge in [-0.15, -0.1) is 0 Å². The van der Waals surface area contributed by atoms with Crippen molar-refractivity contribution in [3.8, 4) is 28.9 Å². The monoisotopic (exact) mass is 370 g/mol. The highest BCUT2D eigenvalue weighted by Gasteiger charge is 2.19. The first kappa shape index (κ1) is 17.5. The van der Waals surface area contributed by atoms with Gasteiger partial charge < -0.3 is 10.5 Å². The molecule has 138 valence electrons. The molecule has 7 nitrogen and oxygen atoms in total. The predicted octanol–water partition coefficient (Wildman–Crippen LogP) is 3.64. The van der Waals surface area contributed by atoms with Crippen molar-refractivity contribution in [2.75, 3.05) is 12.3 Å². The Balaban J connectivity index is 1.94. The van der Waals surface area contributed by atoms with Crippen molar-refractivity contribution in [3.05, 3.63) is 59.8 Å². The molecule has 0 saturated carbocycles. The number of imidazole rings is 1. The maximum absolute atomic E-state index is 9.60. The summed E-state index contributed by atoms with van der Waals surface area (Å²) in [7, 11) is 0. The Morgan fingerprint density at radius 2 is 1.82 bits per heavy atom. The molecule has 2 aromatic heterocycles. The van der Waals surface area contributed by atoms with Crippen molar-refractivity contribution in [1.82, 2.24) is 19.5 Å². The summed E-state index contributed by atoms with van der Waals surface area (Å²) in [4.78, 5) is 13.4. The molecule has 4 aromatic rings. The van der Waals surface area contributed by atoms with Crippen LogP contribution in [0.4, 0.5) is 5.95 Å². The van der Waals surface area contributed by atoms with Gasteiger partial charge in [-0.25, -0.2) is 15.0 Å². The van der Waals surface area contributed by atoms with Gasteiger partial charge >= 0.3 is 0 Å². The van der Waals surface area contributed by atoms with Gasteiger partial charge in [0, 0.05) is 5.56 Å². The van der Waals surface area contributed by atoms with E-state index in [-0.39, 0.29) is 11.6 Å². The van der Waals surface area contributed by atoms with Gasteiger partial charge in [-0.1, -0.05) is 18.2 Å². The lowest BCUT2D eigenvalue weighted by molar-refractivity contribution is 0.340. The summed E-state index contributed by atoms with van der Waals surface area (Å²) in [5, 5.41) is 9.60. The molecule has 2 heterocycles. The standard InChI is InChI=1S/C21H18N6O/c1-3-28-15-10-8-14(9-11-15)19-24-16(12-22)18-20(26-19)27(21(23)25-18)17-7-5-4-6-13(17)2/h4-11H,3H2,1-2H3,(H2,23,25). The molecular weight excluding hydrogens is 352 g/mol. The average Bonchev–Trinajstić information content (AvgIpc) is 3.04. The third-order valence-corrected chi connectivity index (χ3v) is 4.42. The number of aryl methyl sites for hydroxylation is 1. The number of nitrogens with two attached hydrogens (primary N) is 1. The van der Waals surface area contributed by atoms with Gasteiger partial charge in [-0.05, 0) is 49.7 Å². The summed E-state index contributed by atoms with van der Waals surface area (Å²) in [5.41, 5.74) is 9.92. The lowest BCUT2D eigenvalue weighted by atomic mass is 10.2. The van der Waals surface area contributed by atoms with Gasteiger partial charge in [0.05, 0.1) is 12.3 Å². The Kier molecular flexibility index (Phi) is 4.38. The fourth-order valence-corrected chi connectivity index (χ4v) is 3.10. The molecule has 2 N–H and O–H groups in total. The van der Waals surface area contributed by atoms with Crippen LogP contribution < -0.4 is 10.5 Å². The van der Waals surface area contributed by atoms with E-state index in [2.05, 4.69) is 21.0 Å². The van der Waals surface area contributed by atoms with E-state index >= 15 is 0 Å². The second-order valence-corrected chi connectivity index (χ2v) is 6.23. The first-order chi connectivity index (χ1) is 13.6. The molecule has 0 radical (unpaired) electrons. The molecule has 4 rings (SSSR count). The van der Waals surface area contributed by atoms with Crippen LogP contribution in [0.5, 0.6) is 5.75 Å². The number of nitrogen functional groups attached to an aromatic ring is 1. The van der Waals surface area contributed by atoms with E-state index in [1.165, 1.54) is 0 Å². The number of ether oxygens (including phenoxy) is 1. The molecule has 0 aliphatic rings. The SMILES string of the molecule is CCOc1ccc(-c2nc(C#N)c3nc(N)n(-c4ccccc4C)c3n2)cc1. The van der Waals surface area contributed by atoms with Crippen LogP contribution in [0, 0.1) is 18.3 Å². The second kappa shape index (κ2) is 7.00. The van der Waals surface area contributed by atoms with Gasteiger partial charge in [0.2, 0.25) is 5.95 Å². The number of hydrogen-bond acceptors (Lipinski definition) is 6. The number of benzene rings is 2. The molecule has 0 atom stereocenters. The van der Waals surface area contributed by atoms with Crippen LogP contribution in [0.1, 0.15) is 18.2 Å². The molecule has 0 bridgehead atoms. The number of para-hydroxylation sites is 1. The van der Waals surface area contributed by atoms with E-state index in [1.807, 2.05) is 62.4 Å². The number of nitriles is 1. The molecule has 7 heteroatoms. The van der Waals surface area contributed by atoms with E-state index in [1.54, 1.807) is 4.57 Å². The highest BCUT2D eigenvalue weighted by atomic mass is 16.5. The smallest absolute Gasteiger partial charge is 0.207 e. The summed E-state index contributed by atoms with van der Waals surface area (Å²) in [6, 6.07) is 17.4. The number of anilines is 1. The summed E-state index contributed by atoms with van der Waals surface area (Å²) < 4.78 is 7.24. The summed E-state index contributed by atoms with van der Waals surface area (Å²) in [6.07, 6.45) is 0. The van der Waals surface area contributed by atoms with Crippen molar-refractivity contribution in [2.45, 2.75) is 13.8 Å². The van der Waals surface area contributed by atoms with E-state index in [4.69, 9.17) is 10.5 Å². The third-order valence-electron chi connectivity index (χ3n) is 4.42. The van der Waals surface area contributed by atoms with E-state index < -0.39 is 0 Å². The Bertz CT molecular complexity index is 1200. The zero-order valence-corrected chi connectivity index (χ0v) is 15.5. The molecule has 0 aliphatic heterocycles. The molecular formula is C21H18N6O. The number of nitrogens with zero attached hydrogens (tertiary/aromatic N) is 5. The van der Waals surface area contributed by atoms with Gasteiger partial charge in [-0.3, -0.25) is 4.57 Å². The number of hydrogen-bond donors (Lipinski definition) is 1. The first-order valence-corrected chi connectivity index (χ1v) is 8.87. The Morgan fingerprint density at radius 1 is 1.07 bits per heavy atom. The first-order valence-electron chi connectivity index (χ1n) is 8.87. The normalized spacial score (nSPS) is 10.8. The maximum atomic E-state index is 9.60. The summed E-state index contributed by atoms with van der Waals surface area (Å²) in [6.45, 7) is 4.51. The van der Waals surface area contributed by atoms with Gasteiger partial charge in [0.25, 0.3) is 0 Å². The van der Waals surface area contributed by atoms with Crippen LogP contribution in [-0.4, -0.2) is 26.1 Å².